The Labute approximate surface area is 152 Å². The van der Waals surface area contributed by atoms with Crippen LogP contribution in [-0.4, -0.2) is 61.8 Å². The van der Waals surface area contributed by atoms with Crippen molar-refractivity contribution in [2.75, 3.05) is 32.8 Å². The Bertz CT molecular complexity index is 340. The van der Waals surface area contributed by atoms with Gasteiger partial charge in [0.25, 0.3) is 5.91 Å². The van der Waals surface area contributed by atoms with Gasteiger partial charge < -0.3 is 20.3 Å². The van der Waals surface area contributed by atoms with Crippen molar-refractivity contribution in [1.29, 1.82) is 0 Å². The monoisotopic (exact) mass is 367 g/mol. The first-order chi connectivity index (χ1) is 10.3. The molecule has 1 aliphatic carbocycles. The van der Waals surface area contributed by atoms with E-state index in [4.69, 9.17) is 4.74 Å². The highest BCUT2D eigenvalue weighted by molar-refractivity contribution is 5.85. The summed E-state index contributed by atoms with van der Waals surface area (Å²) in [6.45, 7) is 4.41. The number of morpholine rings is 1. The number of amides is 1. The molecule has 0 spiro atoms. The third kappa shape index (κ3) is 6.05. The molecule has 2 saturated heterocycles. The second-order valence-electron chi connectivity index (χ2n) is 6.67. The third-order valence-corrected chi connectivity index (χ3v) is 5.19. The van der Waals surface area contributed by atoms with Crippen molar-refractivity contribution in [1.82, 2.24) is 15.5 Å². The highest BCUT2D eigenvalue weighted by Crippen LogP contribution is 2.25. The Morgan fingerprint density at radius 3 is 2.35 bits per heavy atom. The number of ether oxygens (including phenoxy) is 1. The van der Waals surface area contributed by atoms with Crippen LogP contribution in [0.1, 0.15) is 44.9 Å². The molecule has 2 heterocycles. The van der Waals surface area contributed by atoms with Gasteiger partial charge in [-0.1, -0.05) is 19.3 Å². The largest absolute Gasteiger partial charge is 0.366 e. The lowest BCUT2D eigenvalue weighted by Crippen LogP contribution is -2.53. The third-order valence-electron chi connectivity index (χ3n) is 5.19. The average Bonchev–Trinajstić information content (AvgIpc) is 2.57. The maximum absolute atomic E-state index is 12.2. The van der Waals surface area contributed by atoms with E-state index in [2.05, 4.69) is 15.5 Å². The summed E-state index contributed by atoms with van der Waals surface area (Å²) < 4.78 is 5.51. The molecule has 3 aliphatic rings. The number of carbonyl (C=O) groups excluding carboxylic acids is 1. The molecule has 1 amide bonds. The lowest BCUT2D eigenvalue weighted by Gasteiger charge is -2.39. The number of piperidine rings is 1. The minimum absolute atomic E-state index is 0. The number of nitrogens with zero attached hydrogens (tertiary/aromatic N) is 1. The molecule has 0 aromatic heterocycles. The molecule has 2 N–H and O–H groups in total. The summed E-state index contributed by atoms with van der Waals surface area (Å²) in [5.74, 6) is 0.0679. The smallest absolute Gasteiger partial charge is 0.250 e. The Morgan fingerprint density at radius 1 is 1.04 bits per heavy atom. The molecule has 5 nitrogen and oxygen atoms in total. The van der Waals surface area contributed by atoms with Crippen LogP contribution in [0.4, 0.5) is 0 Å². The van der Waals surface area contributed by atoms with Crippen molar-refractivity contribution < 1.29 is 9.53 Å². The van der Waals surface area contributed by atoms with Gasteiger partial charge in [0.1, 0.15) is 6.10 Å². The van der Waals surface area contributed by atoms with Gasteiger partial charge in [-0.3, -0.25) is 4.79 Å². The fourth-order valence-corrected chi connectivity index (χ4v) is 3.88. The van der Waals surface area contributed by atoms with Gasteiger partial charge in [0.15, 0.2) is 0 Å². The van der Waals surface area contributed by atoms with Crippen LogP contribution in [0.15, 0.2) is 0 Å². The molecule has 0 aromatic carbocycles. The standard InChI is InChI=1S/C16H29N3O2.2ClH/c20-16(15-12-17-8-11-21-15)18-13-6-9-19(10-7-13)14-4-2-1-3-5-14;;/h13-15,17H,1-12H2,(H,18,20);2*1H. The molecule has 1 unspecified atom stereocenters. The average molecular weight is 368 g/mol. The topological polar surface area (TPSA) is 53.6 Å². The molecular weight excluding hydrogens is 337 g/mol. The summed E-state index contributed by atoms with van der Waals surface area (Å²) in [5.41, 5.74) is 0. The van der Waals surface area contributed by atoms with E-state index in [1.165, 1.54) is 32.1 Å². The first kappa shape index (κ1) is 21.0. The van der Waals surface area contributed by atoms with Gasteiger partial charge in [-0.25, -0.2) is 0 Å². The molecule has 136 valence electrons. The van der Waals surface area contributed by atoms with Crippen LogP contribution in [0.3, 0.4) is 0 Å². The zero-order valence-electron chi connectivity index (χ0n) is 13.8. The molecule has 3 rings (SSSR count). The Kier molecular flexibility index (Phi) is 9.78. The zero-order valence-corrected chi connectivity index (χ0v) is 15.4. The van der Waals surface area contributed by atoms with Crippen LogP contribution in [0, 0.1) is 0 Å². The molecule has 0 aromatic rings. The molecule has 1 saturated carbocycles. The van der Waals surface area contributed by atoms with Gasteiger partial charge in [0.05, 0.1) is 6.61 Å². The summed E-state index contributed by atoms with van der Waals surface area (Å²) in [5, 5.41) is 6.39. The van der Waals surface area contributed by atoms with E-state index in [-0.39, 0.29) is 36.8 Å². The molecule has 0 bridgehead atoms. The highest BCUT2D eigenvalue weighted by Gasteiger charge is 2.29. The lowest BCUT2D eigenvalue weighted by atomic mass is 9.92. The van der Waals surface area contributed by atoms with Crippen LogP contribution < -0.4 is 10.6 Å². The van der Waals surface area contributed by atoms with E-state index in [9.17, 15) is 4.79 Å². The van der Waals surface area contributed by atoms with Crippen molar-refractivity contribution in [3.63, 3.8) is 0 Å². The molecule has 0 radical (unpaired) electrons. The van der Waals surface area contributed by atoms with Crippen LogP contribution in [0.2, 0.25) is 0 Å². The molecule has 23 heavy (non-hydrogen) atoms. The second kappa shape index (κ2) is 10.7. The molecule has 1 atom stereocenters. The number of hydrogen-bond acceptors (Lipinski definition) is 4. The fourth-order valence-electron chi connectivity index (χ4n) is 3.88. The summed E-state index contributed by atoms with van der Waals surface area (Å²) in [6.07, 6.45) is 8.83. The van der Waals surface area contributed by atoms with Gasteiger partial charge in [-0.05, 0) is 25.7 Å². The first-order valence-corrected chi connectivity index (χ1v) is 8.69. The summed E-state index contributed by atoms with van der Waals surface area (Å²) in [6, 6.07) is 1.14. The van der Waals surface area contributed by atoms with Gasteiger partial charge in [-0.2, -0.15) is 0 Å². The van der Waals surface area contributed by atoms with Crippen molar-refractivity contribution in [3.8, 4) is 0 Å². The second-order valence-corrected chi connectivity index (χ2v) is 6.67. The lowest BCUT2D eigenvalue weighted by molar-refractivity contribution is -0.135. The van der Waals surface area contributed by atoms with E-state index in [1.54, 1.807) is 0 Å². The Morgan fingerprint density at radius 2 is 1.74 bits per heavy atom. The number of carbonyl (C=O) groups is 1. The number of halogens is 2. The minimum Gasteiger partial charge on any atom is -0.366 e. The minimum atomic E-state index is -0.296. The van der Waals surface area contributed by atoms with E-state index in [1.807, 2.05) is 0 Å². The zero-order chi connectivity index (χ0) is 14.5. The molecular formula is C16H31Cl2N3O2. The summed E-state index contributed by atoms with van der Waals surface area (Å²) in [4.78, 5) is 14.8. The molecule has 7 heteroatoms. The van der Waals surface area contributed by atoms with Crippen LogP contribution in [0.25, 0.3) is 0 Å². The van der Waals surface area contributed by atoms with E-state index >= 15 is 0 Å². The maximum atomic E-state index is 12.2. The van der Waals surface area contributed by atoms with Crippen molar-refractivity contribution in [2.24, 2.45) is 0 Å². The first-order valence-electron chi connectivity index (χ1n) is 8.69. The van der Waals surface area contributed by atoms with Crippen LogP contribution >= 0.6 is 24.8 Å². The molecule has 2 aliphatic heterocycles. The SMILES string of the molecule is Cl.Cl.O=C(NC1CCN(C2CCCCC2)CC1)C1CNCCO1. The van der Waals surface area contributed by atoms with Crippen molar-refractivity contribution >= 4 is 30.7 Å². The predicted molar refractivity (Wildman–Crippen MR) is 96.7 cm³/mol. The van der Waals surface area contributed by atoms with E-state index in [0.29, 0.717) is 19.2 Å². The summed E-state index contributed by atoms with van der Waals surface area (Å²) in [7, 11) is 0. The quantitative estimate of drug-likeness (QED) is 0.797. The van der Waals surface area contributed by atoms with Gasteiger partial charge in [0, 0.05) is 38.3 Å². The summed E-state index contributed by atoms with van der Waals surface area (Å²) >= 11 is 0. The van der Waals surface area contributed by atoms with Crippen molar-refractivity contribution in [2.45, 2.75) is 63.1 Å². The Hall–Kier alpha value is -0.0700. The normalized spacial score (nSPS) is 27.6. The van der Waals surface area contributed by atoms with Gasteiger partial charge in [-0.15, -0.1) is 24.8 Å². The maximum Gasteiger partial charge on any atom is 0.250 e. The number of likely N-dealkylation sites (tertiary alicyclic amines) is 1. The van der Waals surface area contributed by atoms with Crippen molar-refractivity contribution in [3.05, 3.63) is 0 Å². The molecule has 3 fully saturated rings. The van der Waals surface area contributed by atoms with Crippen LogP contribution in [0.5, 0.6) is 0 Å². The van der Waals surface area contributed by atoms with Gasteiger partial charge in [0.2, 0.25) is 0 Å². The van der Waals surface area contributed by atoms with E-state index < -0.39 is 0 Å². The highest BCUT2D eigenvalue weighted by atomic mass is 35.5. The number of nitrogens with one attached hydrogen (secondary N) is 2. The fraction of sp³-hybridized carbons (Fsp3) is 0.938. The van der Waals surface area contributed by atoms with E-state index in [0.717, 1.165) is 38.5 Å². The number of hydrogen-bond donors (Lipinski definition) is 2. The number of rotatable bonds is 3. The van der Waals surface area contributed by atoms with Crippen LogP contribution in [-0.2, 0) is 9.53 Å². The van der Waals surface area contributed by atoms with Gasteiger partial charge >= 0.3 is 0 Å². The predicted octanol–water partition coefficient (Wildman–Crippen LogP) is 1.73. The Balaban J connectivity index is 0.00000132.